The summed E-state index contributed by atoms with van der Waals surface area (Å²) in [5.74, 6) is 0. The zero-order valence-electron chi connectivity index (χ0n) is 15.2. The molecule has 0 N–H and O–H groups in total. The normalized spacial score (nSPS) is 14.2. The van der Waals surface area contributed by atoms with Gasteiger partial charge in [-0.3, -0.25) is 0 Å². The summed E-state index contributed by atoms with van der Waals surface area (Å²) < 4.78 is 0. The molecule has 115 valence electrons. The Kier molecular flexibility index (Phi) is 7.37. The van der Waals surface area contributed by atoms with Crippen LogP contribution >= 0.6 is 0 Å². The molecule has 0 heterocycles. The van der Waals surface area contributed by atoms with E-state index in [1.807, 2.05) is 0 Å². The Morgan fingerprint density at radius 3 is 0.895 bits per heavy atom. The predicted molar refractivity (Wildman–Crippen MR) is 92.6 cm³/mol. The van der Waals surface area contributed by atoms with Gasteiger partial charge >= 0.3 is 0 Å². The molecular formula is C18H39Si. The first-order valence-electron chi connectivity index (χ1n) is 8.43. The van der Waals surface area contributed by atoms with Gasteiger partial charge in [-0.15, -0.1) is 0 Å². The summed E-state index contributed by atoms with van der Waals surface area (Å²) in [7, 11) is -0.461. The summed E-state index contributed by atoms with van der Waals surface area (Å²) >= 11 is 0. The average Bonchev–Trinajstić information content (AvgIpc) is 2.14. The number of hydrogen-bond acceptors (Lipinski definition) is 0. The third-order valence-electron chi connectivity index (χ3n) is 4.66. The van der Waals surface area contributed by atoms with Crippen molar-refractivity contribution >= 4 is 8.80 Å². The maximum Gasteiger partial charge on any atom is 0.0661 e. The Hall–Kier alpha value is 0.217. The molecule has 0 bridgehead atoms. The van der Waals surface area contributed by atoms with Crippen molar-refractivity contribution in [3.8, 4) is 0 Å². The highest BCUT2D eigenvalue weighted by molar-refractivity contribution is 6.68. The first-order valence-corrected chi connectivity index (χ1v) is 9.93. The third kappa shape index (κ3) is 5.25. The van der Waals surface area contributed by atoms with Crippen molar-refractivity contribution in [3.63, 3.8) is 0 Å². The molecule has 0 rings (SSSR count). The minimum absolute atomic E-state index is 0.461. The maximum absolute atomic E-state index is 2.56. The van der Waals surface area contributed by atoms with Crippen molar-refractivity contribution in [2.45, 2.75) is 116 Å². The maximum atomic E-state index is 2.56. The van der Waals surface area contributed by atoms with Crippen LogP contribution < -0.4 is 0 Å². The van der Waals surface area contributed by atoms with Crippen LogP contribution in [0.1, 0.15) is 101 Å². The molecule has 0 amide bonds. The summed E-state index contributed by atoms with van der Waals surface area (Å²) in [5, 5.41) is 1.62. The lowest BCUT2D eigenvalue weighted by molar-refractivity contribution is 0.450. The van der Waals surface area contributed by atoms with Gasteiger partial charge in [0.1, 0.15) is 0 Å². The lowest BCUT2D eigenvalue weighted by Gasteiger charge is -2.52. The Morgan fingerprint density at radius 2 is 0.737 bits per heavy atom. The molecule has 1 heteroatoms. The molecule has 0 unspecified atom stereocenters. The second kappa shape index (κ2) is 7.29. The van der Waals surface area contributed by atoms with Crippen LogP contribution in [0.3, 0.4) is 0 Å². The van der Waals surface area contributed by atoms with E-state index in [0.29, 0.717) is 15.1 Å². The topological polar surface area (TPSA) is 0 Å². The van der Waals surface area contributed by atoms with E-state index in [1.165, 1.54) is 38.5 Å². The van der Waals surface area contributed by atoms with E-state index in [2.05, 4.69) is 62.3 Å². The molecule has 0 aromatic carbocycles. The first-order chi connectivity index (χ1) is 8.55. The van der Waals surface area contributed by atoms with Gasteiger partial charge in [-0.25, -0.2) is 0 Å². The highest BCUT2D eigenvalue weighted by Gasteiger charge is 2.49. The van der Waals surface area contributed by atoms with Crippen molar-refractivity contribution in [1.29, 1.82) is 0 Å². The van der Waals surface area contributed by atoms with Crippen molar-refractivity contribution in [2.24, 2.45) is 0 Å². The largest absolute Gasteiger partial charge is 0.0661 e. The molecule has 19 heavy (non-hydrogen) atoms. The van der Waals surface area contributed by atoms with Gasteiger partial charge in [-0.2, -0.15) is 0 Å². The van der Waals surface area contributed by atoms with Gasteiger partial charge in [-0.1, -0.05) is 101 Å². The van der Waals surface area contributed by atoms with Crippen molar-refractivity contribution in [1.82, 2.24) is 0 Å². The number of hydrogen-bond donors (Lipinski definition) is 0. The van der Waals surface area contributed by atoms with Crippen molar-refractivity contribution in [3.05, 3.63) is 0 Å². The Bertz CT molecular complexity index is 208. The van der Waals surface area contributed by atoms with Crippen molar-refractivity contribution in [2.75, 3.05) is 0 Å². The molecule has 0 spiro atoms. The fourth-order valence-electron chi connectivity index (χ4n) is 5.00. The highest BCUT2D eigenvalue weighted by atomic mass is 28.3. The quantitative estimate of drug-likeness (QED) is 0.392. The van der Waals surface area contributed by atoms with Crippen LogP contribution in [0.5, 0.6) is 0 Å². The second-order valence-electron chi connectivity index (χ2n) is 8.28. The molecule has 0 aromatic heterocycles. The summed E-state index contributed by atoms with van der Waals surface area (Å²) in [6, 6.07) is 0. The lowest BCUT2D eigenvalue weighted by atomic mass is 10.0. The van der Waals surface area contributed by atoms with Gasteiger partial charge in [0.2, 0.25) is 0 Å². The molecule has 0 aliphatic rings. The molecule has 0 saturated heterocycles. The van der Waals surface area contributed by atoms with Crippen molar-refractivity contribution < 1.29 is 0 Å². The van der Waals surface area contributed by atoms with E-state index in [9.17, 15) is 0 Å². The van der Waals surface area contributed by atoms with E-state index >= 15 is 0 Å². The van der Waals surface area contributed by atoms with Gasteiger partial charge < -0.3 is 0 Å². The van der Waals surface area contributed by atoms with Crippen LogP contribution in [0.2, 0.25) is 15.1 Å². The smallest absolute Gasteiger partial charge is 0.0654 e. The molecule has 0 aliphatic carbocycles. The molecular weight excluding hydrogens is 244 g/mol. The van der Waals surface area contributed by atoms with Crippen LogP contribution in [-0.4, -0.2) is 8.80 Å². The fraction of sp³-hybridized carbons (Fsp3) is 1.00. The molecule has 0 aliphatic heterocycles. The third-order valence-corrected chi connectivity index (χ3v) is 9.47. The van der Waals surface area contributed by atoms with Crippen LogP contribution in [0.15, 0.2) is 0 Å². The monoisotopic (exact) mass is 283 g/mol. The Balaban J connectivity index is 5.49. The molecule has 0 fully saturated rings. The number of rotatable bonds is 9. The zero-order valence-corrected chi connectivity index (χ0v) is 16.2. The molecule has 0 aromatic rings. The van der Waals surface area contributed by atoms with E-state index in [-0.39, 0.29) is 0 Å². The van der Waals surface area contributed by atoms with E-state index in [0.717, 1.165) is 0 Å². The van der Waals surface area contributed by atoms with Gasteiger partial charge in [0.25, 0.3) is 0 Å². The highest BCUT2D eigenvalue weighted by Crippen LogP contribution is 2.58. The summed E-state index contributed by atoms with van der Waals surface area (Å²) in [4.78, 5) is 0. The minimum Gasteiger partial charge on any atom is -0.0654 e. The van der Waals surface area contributed by atoms with Crippen LogP contribution in [-0.2, 0) is 0 Å². The summed E-state index contributed by atoms with van der Waals surface area (Å²) in [6.07, 6.45) is 8.15. The fourth-order valence-corrected chi connectivity index (χ4v) is 12.0. The predicted octanol–water partition coefficient (Wildman–Crippen LogP) is 7.22. The summed E-state index contributed by atoms with van der Waals surface area (Å²) in [6.45, 7) is 22.4. The Morgan fingerprint density at radius 1 is 0.526 bits per heavy atom. The van der Waals surface area contributed by atoms with Crippen LogP contribution in [0.4, 0.5) is 0 Å². The minimum atomic E-state index is -0.461. The zero-order chi connectivity index (χ0) is 15.3. The Labute approximate surface area is 125 Å². The average molecular weight is 284 g/mol. The lowest BCUT2D eigenvalue weighted by Crippen LogP contribution is -2.46. The van der Waals surface area contributed by atoms with Gasteiger partial charge in [-0.05, 0) is 15.1 Å². The molecule has 0 nitrogen and oxygen atoms in total. The van der Waals surface area contributed by atoms with E-state index in [4.69, 9.17) is 0 Å². The molecule has 0 atom stereocenters. The SMILES string of the molecule is CCCC(C)(C)[Si](C(C)(C)CCC)C(C)(C)CCC. The first kappa shape index (κ1) is 19.2. The van der Waals surface area contributed by atoms with E-state index < -0.39 is 8.80 Å². The standard InChI is InChI=1S/C18H39Si/c1-10-13-16(4,5)19(17(6,7)14-11-2)18(8,9)15-12-3/h10-15H2,1-9H3. The molecule has 1 radical (unpaired) electrons. The van der Waals surface area contributed by atoms with Gasteiger partial charge in [0, 0.05) is 0 Å². The van der Waals surface area contributed by atoms with E-state index in [1.54, 1.807) is 0 Å². The van der Waals surface area contributed by atoms with Crippen LogP contribution in [0.25, 0.3) is 0 Å². The van der Waals surface area contributed by atoms with Gasteiger partial charge in [0.05, 0.1) is 8.80 Å². The second-order valence-corrected chi connectivity index (χ2v) is 13.1. The van der Waals surface area contributed by atoms with Crippen LogP contribution in [0, 0.1) is 0 Å². The molecule has 0 saturated carbocycles. The summed E-state index contributed by atoms with van der Waals surface area (Å²) in [5.41, 5.74) is 0. The van der Waals surface area contributed by atoms with Gasteiger partial charge in [0.15, 0.2) is 0 Å².